The fraction of sp³-hybridized carbons (Fsp3) is 0.538. The van der Waals surface area contributed by atoms with Crippen molar-refractivity contribution in [3.8, 4) is 5.75 Å². The Morgan fingerprint density at radius 2 is 1.86 bits per heavy atom. The second kappa shape index (κ2) is 5.67. The lowest BCUT2D eigenvalue weighted by Gasteiger charge is -2.29. The number of nitrogens with two attached hydrogens (primary N) is 1. The highest BCUT2D eigenvalue weighted by Gasteiger charge is 2.53. The number of benzene rings is 1. The van der Waals surface area contributed by atoms with Gasteiger partial charge in [-0.15, -0.1) is 13.2 Å². The van der Waals surface area contributed by atoms with Crippen LogP contribution >= 0.6 is 0 Å². The third-order valence-electron chi connectivity index (χ3n) is 3.53. The summed E-state index contributed by atoms with van der Waals surface area (Å²) in [5.41, 5.74) is 3.84. The van der Waals surface area contributed by atoms with Crippen molar-refractivity contribution in [2.45, 2.75) is 43.4 Å². The molecule has 0 aromatic heterocycles. The van der Waals surface area contributed by atoms with Gasteiger partial charge in [-0.2, -0.15) is 0 Å². The number of aliphatic hydroxyl groups excluding tert-OH is 2. The summed E-state index contributed by atoms with van der Waals surface area (Å²) in [5.74, 6) is -0.445. The predicted octanol–water partition coefficient (Wildman–Crippen LogP) is 0.414. The molecule has 1 aliphatic rings. The van der Waals surface area contributed by atoms with Gasteiger partial charge in [-0.3, -0.25) is 0 Å². The second-order valence-corrected chi connectivity index (χ2v) is 5.25. The lowest BCUT2D eigenvalue weighted by atomic mass is 9.88. The van der Waals surface area contributed by atoms with Gasteiger partial charge in [0.2, 0.25) is 0 Å². The zero-order chi connectivity index (χ0) is 16.7. The molecule has 1 aromatic carbocycles. The van der Waals surface area contributed by atoms with Crippen LogP contribution in [0.25, 0.3) is 0 Å². The average molecular weight is 323 g/mol. The Hall–Kier alpha value is -1.39. The van der Waals surface area contributed by atoms with Crippen molar-refractivity contribution < 1.29 is 38.0 Å². The molecule has 0 saturated carbocycles. The number of rotatable bonds is 3. The number of ether oxygens (including phenoxy) is 2. The summed E-state index contributed by atoms with van der Waals surface area (Å²) >= 11 is 0. The first kappa shape index (κ1) is 17.0. The van der Waals surface area contributed by atoms with Crippen LogP contribution in [0.4, 0.5) is 13.2 Å². The topological polar surface area (TPSA) is 105 Å². The van der Waals surface area contributed by atoms with E-state index >= 15 is 0 Å². The number of hydrogen-bond acceptors (Lipinski definition) is 6. The molecule has 0 spiro atoms. The van der Waals surface area contributed by atoms with Crippen LogP contribution in [0.1, 0.15) is 18.6 Å². The Bertz CT molecular complexity index is 519. The van der Waals surface area contributed by atoms with Gasteiger partial charge < -0.3 is 30.5 Å². The number of halogens is 3. The molecule has 0 unspecified atom stereocenters. The molecule has 6 nitrogen and oxygen atoms in total. The molecule has 1 fully saturated rings. The van der Waals surface area contributed by atoms with E-state index in [2.05, 4.69) is 4.74 Å². The molecule has 0 radical (unpaired) electrons. The van der Waals surface area contributed by atoms with Crippen molar-refractivity contribution in [3.63, 3.8) is 0 Å². The van der Waals surface area contributed by atoms with Crippen molar-refractivity contribution in [3.05, 3.63) is 29.8 Å². The molecule has 1 saturated heterocycles. The minimum Gasteiger partial charge on any atom is -0.406 e. The van der Waals surface area contributed by atoms with Gasteiger partial charge in [0.1, 0.15) is 35.9 Å². The smallest absolute Gasteiger partial charge is 0.406 e. The van der Waals surface area contributed by atoms with E-state index < -0.39 is 42.3 Å². The van der Waals surface area contributed by atoms with Gasteiger partial charge in [0.25, 0.3) is 0 Å². The first-order chi connectivity index (χ1) is 10.0. The first-order valence-electron chi connectivity index (χ1n) is 6.37. The van der Waals surface area contributed by atoms with Crippen LogP contribution in [0.5, 0.6) is 5.75 Å². The Labute approximate surface area is 123 Å². The van der Waals surface area contributed by atoms with Gasteiger partial charge in [-0.1, -0.05) is 12.1 Å². The maximum absolute atomic E-state index is 12.1. The Balaban J connectivity index is 2.15. The normalized spacial score (nSPS) is 33.7. The summed E-state index contributed by atoms with van der Waals surface area (Å²) in [6.45, 7) is 1.25. The van der Waals surface area contributed by atoms with Crippen molar-refractivity contribution in [2.75, 3.05) is 0 Å². The summed E-state index contributed by atoms with van der Waals surface area (Å²) in [7, 11) is 0. The number of hydrogen-bond donors (Lipinski definition) is 4. The highest BCUT2D eigenvalue weighted by molar-refractivity contribution is 5.30. The zero-order valence-corrected chi connectivity index (χ0v) is 11.5. The Morgan fingerprint density at radius 3 is 2.27 bits per heavy atom. The standard InChI is InChI=1S/C13H16F3NO5/c1-12(20)9(19)11(17)21-10(12)8(18)6-2-4-7(5-3-6)22-13(14,15)16/h2-5,8-11,18-20H,17H2,1H3/t8-,9+,10-,11-,12+/m1/s1. The molecule has 1 aliphatic heterocycles. The third kappa shape index (κ3) is 3.33. The van der Waals surface area contributed by atoms with E-state index in [9.17, 15) is 28.5 Å². The predicted molar refractivity (Wildman–Crippen MR) is 67.6 cm³/mol. The zero-order valence-electron chi connectivity index (χ0n) is 11.5. The summed E-state index contributed by atoms with van der Waals surface area (Å²) in [5, 5.41) is 30.1. The fourth-order valence-electron chi connectivity index (χ4n) is 2.32. The van der Waals surface area contributed by atoms with E-state index in [4.69, 9.17) is 10.5 Å². The van der Waals surface area contributed by atoms with E-state index in [0.717, 1.165) is 12.1 Å². The molecular weight excluding hydrogens is 307 g/mol. The molecule has 9 heteroatoms. The average Bonchev–Trinajstić information content (AvgIpc) is 2.60. The number of aliphatic hydroxyl groups is 3. The maximum atomic E-state index is 12.1. The van der Waals surface area contributed by atoms with Gasteiger partial charge in [0, 0.05) is 0 Å². The van der Waals surface area contributed by atoms with Gasteiger partial charge in [-0.25, -0.2) is 0 Å². The molecule has 0 aliphatic carbocycles. The van der Waals surface area contributed by atoms with Crippen LogP contribution in [0, 0.1) is 0 Å². The van der Waals surface area contributed by atoms with Crippen LogP contribution in [-0.2, 0) is 4.74 Å². The molecule has 2 rings (SSSR count). The SMILES string of the molecule is C[C@@]1(O)[C@@H]([C@H](O)c2ccc(OC(F)(F)F)cc2)O[C@@H](N)[C@@H]1O. The van der Waals surface area contributed by atoms with Crippen LogP contribution in [-0.4, -0.2) is 45.7 Å². The van der Waals surface area contributed by atoms with Crippen LogP contribution in [0.2, 0.25) is 0 Å². The second-order valence-electron chi connectivity index (χ2n) is 5.25. The van der Waals surface area contributed by atoms with E-state index in [1.54, 1.807) is 0 Å². The summed E-state index contributed by atoms with van der Waals surface area (Å²) < 4.78 is 45.0. The van der Waals surface area contributed by atoms with Gasteiger partial charge in [0.05, 0.1) is 0 Å². The van der Waals surface area contributed by atoms with Crippen molar-refractivity contribution in [1.82, 2.24) is 0 Å². The molecule has 1 aromatic rings. The molecule has 5 N–H and O–H groups in total. The van der Waals surface area contributed by atoms with E-state index in [-0.39, 0.29) is 5.56 Å². The lowest BCUT2D eigenvalue weighted by molar-refractivity contribution is -0.274. The summed E-state index contributed by atoms with van der Waals surface area (Å²) in [4.78, 5) is 0. The summed E-state index contributed by atoms with van der Waals surface area (Å²) in [6.07, 6.45) is -10.0. The van der Waals surface area contributed by atoms with Crippen molar-refractivity contribution >= 4 is 0 Å². The third-order valence-corrected chi connectivity index (χ3v) is 3.53. The quantitative estimate of drug-likeness (QED) is 0.642. The molecule has 0 amide bonds. The number of alkyl halides is 3. The van der Waals surface area contributed by atoms with Gasteiger partial charge in [0.15, 0.2) is 0 Å². The molecular formula is C13H16F3NO5. The lowest BCUT2D eigenvalue weighted by Crippen LogP contribution is -2.48. The Morgan fingerprint density at radius 1 is 1.32 bits per heavy atom. The van der Waals surface area contributed by atoms with E-state index in [1.807, 2.05) is 0 Å². The summed E-state index contributed by atoms with van der Waals surface area (Å²) in [6, 6.07) is 4.43. The van der Waals surface area contributed by atoms with Crippen LogP contribution in [0.3, 0.4) is 0 Å². The molecule has 1 heterocycles. The monoisotopic (exact) mass is 323 g/mol. The van der Waals surface area contributed by atoms with Gasteiger partial charge >= 0.3 is 6.36 Å². The highest BCUT2D eigenvalue weighted by atomic mass is 19.4. The largest absolute Gasteiger partial charge is 0.573 e. The van der Waals surface area contributed by atoms with Crippen molar-refractivity contribution in [1.29, 1.82) is 0 Å². The van der Waals surface area contributed by atoms with Gasteiger partial charge in [-0.05, 0) is 24.6 Å². The maximum Gasteiger partial charge on any atom is 0.573 e. The highest BCUT2D eigenvalue weighted by Crippen LogP contribution is 2.37. The fourth-order valence-corrected chi connectivity index (χ4v) is 2.32. The van der Waals surface area contributed by atoms with Crippen LogP contribution in [0.15, 0.2) is 24.3 Å². The molecule has 124 valence electrons. The van der Waals surface area contributed by atoms with E-state index in [1.165, 1.54) is 19.1 Å². The molecule has 0 bridgehead atoms. The van der Waals surface area contributed by atoms with Crippen molar-refractivity contribution in [2.24, 2.45) is 5.73 Å². The Kier molecular flexibility index (Phi) is 4.37. The first-order valence-corrected chi connectivity index (χ1v) is 6.37. The van der Waals surface area contributed by atoms with Crippen LogP contribution < -0.4 is 10.5 Å². The minimum atomic E-state index is -4.81. The van der Waals surface area contributed by atoms with E-state index in [0.29, 0.717) is 0 Å². The molecule has 5 atom stereocenters. The minimum absolute atomic E-state index is 0.182. The molecule has 22 heavy (non-hydrogen) atoms.